The summed E-state index contributed by atoms with van der Waals surface area (Å²) in [6, 6.07) is 6.51. The van der Waals surface area contributed by atoms with Crippen LogP contribution in [0, 0.1) is 0 Å². The molecule has 0 unspecified atom stereocenters. The van der Waals surface area contributed by atoms with Gasteiger partial charge in [0.1, 0.15) is 0 Å². The maximum atomic E-state index is 6.27. The molecule has 1 atom stereocenters. The number of nitrogens with one attached hydrogen (secondary N) is 1. The molecule has 18 heavy (non-hydrogen) atoms. The Hall–Kier alpha value is -0.280. The summed E-state index contributed by atoms with van der Waals surface area (Å²) in [7, 11) is 0. The fourth-order valence-electron chi connectivity index (χ4n) is 2.52. The van der Waals surface area contributed by atoms with Crippen LogP contribution in [0.15, 0.2) is 18.2 Å². The van der Waals surface area contributed by atoms with Crippen molar-refractivity contribution in [3.05, 3.63) is 33.8 Å². The van der Waals surface area contributed by atoms with Crippen molar-refractivity contribution in [3.63, 3.8) is 0 Å². The van der Waals surface area contributed by atoms with Gasteiger partial charge in [0.05, 0.1) is 10.0 Å². The Morgan fingerprint density at radius 3 is 2.89 bits per heavy atom. The molecule has 0 aliphatic carbocycles. The first kappa shape index (κ1) is 14.1. The van der Waals surface area contributed by atoms with Crippen LogP contribution in [0.1, 0.15) is 25.3 Å². The first-order valence-corrected chi connectivity index (χ1v) is 7.35. The third-order valence-electron chi connectivity index (χ3n) is 3.47. The molecule has 1 fully saturated rings. The molecular formula is C14H20Cl2N2. The van der Waals surface area contributed by atoms with Crippen molar-refractivity contribution in [2.45, 2.75) is 32.4 Å². The van der Waals surface area contributed by atoms with Gasteiger partial charge in [-0.25, -0.2) is 0 Å². The quantitative estimate of drug-likeness (QED) is 0.890. The fourth-order valence-corrected chi connectivity index (χ4v) is 2.90. The van der Waals surface area contributed by atoms with Crippen molar-refractivity contribution in [2.24, 2.45) is 0 Å². The summed E-state index contributed by atoms with van der Waals surface area (Å²) in [5, 5.41) is 4.77. The highest BCUT2D eigenvalue weighted by molar-refractivity contribution is 6.42. The Balaban J connectivity index is 2.10. The SMILES string of the molecule is CCCN(Cc1cccc(Cl)c1Cl)[C@H]1CCNC1. The van der Waals surface area contributed by atoms with Crippen LogP contribution in [-0.4, -0.2) is 30.6 Å². The third-order valence-corrected chi connectivity index (χ3v) is 4.32. The molecule has 1 aliphatic heterocycles. The summed E-state index contributed by atoms with van der Waals surface area (Å²) in [6.45, 7) is 6.41. The van der Waals surface area contributed by atoms with Crippen molar-refractivity contribution in [1.29, 1.82) is 0 Å². The van der Waals surface area contributed by atoms with Crippen LogP contribution in [0.4, 0.5) is 0 Å². The van der Waals surface area contributed by atoms with Gasteiger partial charge in [-0.3, -0.25) is 4.90 Å². The zero-order valence-electron chi connectivity index (χ0n) is 10.8. The van der Waals surface area contributed by atoms with Gasteiger partial charge < -0.3 is 5.32 Å². The van der Waals surface area contributed by atoms with Crippen LogP contribution in [0.3, 0.4) is 0 Å². The number of benzene rings is 1. The number of hydrogen-bond donors (Lipinski definition) is 1. The lowest BCUT2D eigenvalue weighted by Gasteiger charge is -2.28. The van der Waals surface area contributed by atoms with Crippen LogP contribution >= 0.6 is 23.2 Å². The van der Waals surface area contributed by atoms with Gasteiger partial charge >= 0.3 is 0 Å². The molecule has 1 aliphatic rings. The van der Waals surface area contributed by atoms with Crippen molar-refractivity contribution in [3.8, 4) is 0 Å². The average Bonchev–Trinajstić information content (AvgIpc) is 2.88. The number of rotatable bonds is 5. The van der Waals surface area contributed by atoms with Crippen LogP contribution < -0.4 is 5.32 Å². The van der Waals surface area contributed by atoms with Gasteiger partial charge in [0, 0.05) is 19.1 Å². The highest BCUT2D eigenvalue weighted by atomic mass is 35.5. The van der Waals surface area contributed by atoms with E-state index in [1.807, 2.05) is 12.1 Å². The summed E-state index contributed by atoms with van der Waals surface area (Å²) in [5.74, 6) is 0. The van der Waals surface area contributed by atoms with E-state index in [2.05, 4.69) is 23.2 Å². The summed E-state index contributed by atoms with van der Waals surface area (Å²) in [5.41, 5.74) is 1.13. The molecule has 4 heteroatoms. The predicted octanol–water partition coefficient (Wildman–Crippen LogP) is 3.57. The number of nitrogens with zero attached hydrogens (tertiary/aromatic N) is 1. The standard InChI is InChI=1S/C14H20Cl2N2/c1-2-8-18(12-6-7-17-9-12)10-11-4-3-5-13(15)14(11)16/h3-5,12,17H,2,6-10H2,1H3/t12-/m0/s1. The molecule has 2 nitrogen and oxygen atoms in total. The molecule has 2 rings (SSSR count). The maximum absolute atomic E-state index is 6.27. The second-order valence-corrected chi connectivity index (χ2v) is 5.62. The Morgan fingerprint density at radius 1 is 1.39 bits per heavy atom. The first-order valence-electron chi connectivity index (χ1n) is 6.60. The van der Waals surface area contributed by atoms with Gasteiger partial charge in [-0.05, 0) is 37.6 Å². The molecule has 0 spiro atoms. The van der Waals surface area contributed by atoms with E-state index in [1.54, 1.807) is 0 Å². The van der Waals surface area contributed by atoms with E-state index in [0.29, 0.717) is 16.1 Å². The maximum Gasteiger partial charge on any atom is 0.0637 e. The third kappa shape index (κ3) is 3.39. The van der Waals surface area contributed by atoms with Gasteiger partial charge in [0.2, 0.25) is 0 Å². The van der Waals surface area contributed by atoms with Crippen LogP contribution in [0.25, 0.3) is 0 Å². The molecular weight excluding hydrogens is 267 g/mol. The molecule has 0 aromatic heterocycles. The van der Waals surface area contributed by atoms with Gasteiger partial charge in [-0.15, -0.1) is 0 Å². The van der Waals surface area contributed by atoms with Gasteiger partial charge in [0.15, 0.2) is 0 Å². The normalized spacial score (nSPS) is 19.7. The fraction of sp³-hybridized carbons (Fsp3) is 0.571. The van der Waals surface area contributed by atoms with E-state index in [4.69, 9.17) is 23.2 Å². The predicted molar refractivity (Wildman–Crippen MR) is 78.4 cm³/mol. The summed E-state index contributed by atoms with van der Waals surface area (Å²) in [4.78, 5) is 2.51. The molecule has 1 heterocycles. The number of hydrogen-bond acceptors (Lipinski definition) is 2. The highest BCUT2D eigenvalue weighted by Crippen LogP contribution is 2.27. The van der Waals surface area contributed by atoms with Crippen LogP contribution in [0.2, 0.25) is 10.0 Å². The van der Waals surface area contributed by atoms with E-state index in [0.717, 1.165) is 38.2 Å². The molecule has 1 aromatic carbocycles. The minimum absolute atomic E-state index is 0.625. The first-order chi connectivity index (χ1) is 8.72. The van der Waals surface area contributed by atoms with E-state index in [-0.39, 0.29) is 0 Å². The lowest BCUT2D eigenvalue weighted by molar-refractivity contribution is 0.199. The van der Waals surface area contributed by atoms with Gasteiger partial charge in [-0.1, -0.05) is 42.3 Å². The average molecular weight is 287 g/mol. The van der Waals surface area contributed by atoms with Crippen molar-refractivity contribution >= 4 is 23.2 Å². The molecule has 100 valence electrons. The minimum atomic E-state index is 0.625. The lowest BCUT2D eigenvalue weighted by atomic mass is 10.1. The van der Waals surface area contributed by atoms with Crippen molar-refractivity contribution in [1.82, 2.24) is 10.2 Å². The van der Waals surface area contributed by atoms with E-state index >= 15 is 0 Å². The van der Waals surface area contributed by atoms with Crippen LogP contribution in [-0.2, 0) is 6.54 Å². The molecule has 0 amide bonds. The summed E-state index contributed by atoms with van der Waals surface area (Å²) in [6.07, 6.45) is 2.38. The Bertz CT molecular complexity index is 389. The Kier molecular flexibility index (Phi) is 5.31. The largest absolute Gasteiger partial charge is 0.315 e. The van der Waals surface area contributed by atoms with E-state index in [1.165, 1.54) is 6.42 Å². The molecule has 0 bridgehead atoms. The van der Waals surface area contributed by atoms with Gasteiger partial charge in [0.25, 0.3) is 0 Å². The number of halogens is 2. The van der Waals surface area contributed by atoms with Gasteiger partial charge in [-0.2, -0.15) is 0 Å². The smallest absolute Gasteiger partial charge is 0.0637 e. The lowest BCUT2D eigenvalue weighted by Crippen LogP contribution is -2.37. The molecule has 1 saturated heterocycles. The van der Waals surface area contributed by atoms with Crippen molar-refractivity contribution in [2.75, 3.05) is 19.6 Å². The Labute approximate surface area is 119 Å². The molecule has 1 N–H and O–H groups in total. The zero-order valence-corrected chi connectivity index (χ0v) is 12.3. The molecule has 0 radical (unpaired) electrons. The molecule has 1 aromatic rings. The second kappa shape index (κ2) is 6.76. The molecule has 0 saturated carbocycles. The second-order valence-electron chi connectivity index (χ2n) is 4.83. The van der Waals surface area contributed by atoms with E-state index in [9.17, 15) is 0 Å². The monoisotopic (exact) mass is 286 g/mol. The topological polar surface area (TPSA) is 15.3 Å². The minimum Gasteiger partial charge on any atom is -0.315 e. The van der Waals surface area contributed by atoms with E-state index < -0.39 is 0 Å². The van der Waals surface area contributed by atoms with Crippen LogP contribution in [0.5, 0.6) is 0 Å². The highest BCUT2D eigenvalue weighted by Gasteiger charge is 2.22. The van der Waals surface area contributed by atoms with Crippen molar-refractivity contribution < 1.29 is 0 Å². The zero-order chi connectivity index (χ0) is 13.0. The summed E-state index contributed by atoms with van der Waals surface area (Å²) >= 11 is 12.3. The Morgan fingerprint density at radius 2 is 2.22 bits per heavy atom. The summed E-state index contributed by atoms with van der Waals surface area (Å²) < 4.78 is 0.